The zero-order valence-electron chi connectivity index (χ0n) is 11.5. The van der Waals surface area contributed by atoms with Crippen molar-refractivity contribution in [1.29, 1.82) is 0 Å². The summed E-state index contributed by atoms with van der Waals surface area (Å²) in [4.78, 5) is 13.8. The lowest BCUT2D eigenvalue weighted by Gasteiger charge is -2.09. The highest BCUT2D eigenvalue weighted by atomic mass is 32.1. The zero-order chi connectivity index (χ0) is 15.6. The molecule has 21 heavy (non-hydrogen) atoms. The summed E-state index contributed by atoms with van der Waals surface area (Å²) in [5.74, 6) is -1.14. The van der Waals surface area contributed by atoms with Crippen LogP contribution >= 0.6 is 11.3 Å². The number of nitrogens with zero attached hydrogens (tertiary/aromatic N) is 1. The number of thiophene rings is 1. The average molecular weight is 307 g/mol. The first-order chi connectivity index (χ1) is 9.92. The minimum Gasteiger partial charge on any atom is -0.409 e. The highest BCUT2D eigenvalue weighted by Crippen LogP contribution is 2.23. The van der Waals surface area contributed by atoms with Crippen molar-refractivity contribution in [3.63, 3.8) is 0 Å². The molecule has 0 aliphatic heterocycles. The molecule has 0 saturated carbocycles. The van der Waals surface area contributed by atoms with Gasteiger partial charge in [-0.05, 0) is 43.7 Å². The number of nitrogens with two attached hydrogens (primary N) is 1. The number of aryl methyl sites for hydroxylation is 2. The topological polar surface area (TPSA) is 87.7 Å². The van der Waals surface area contributed by atoms with E-state index in [0.29, 0.717) is 4.88 Å². The van der Waals surface area contributed by atoms with E-state index in [9.17, 15) is 9.18 Å². The van der Waals surface area contributed by atoms with E-state index in [1.54, 1.807) is 6.07 Å². The normalized spacial score (nSPS) is 11.5. The first-order valence-corrected chi connectivity index (χ1v) is 6.90. The van der Waals surface area contributed by atoms with Gasteiger partial charge in [0.2, 0.25) is 0 Å². The monoisotopic (exact) mass is 307 g/mol. The molecule has 110 valence electrons. The zero-order valence-corrected chi connectivity index (χ0v) is 12.3. The van der Waals surface area contributed by atoms with Gasteiger partial charge in [-0.1, -0.05) is 5.16 Å². The van der Waals surface area contributed by atoms with E-state index < -0.39 is 5.82 Å². The standard InChI is InChI=1S/C14H14FN3O2S/c1-7-5-12(21-8(7)2)14(19)17-11-4-3-9(15)6-10(11)13(16)18-20/h3-6,20H,1-2H3,(H2,16,18)(H,17,19). The summed E-state index contributed by atoms with van der Waals surface area (Å²) in [6.45, 7) is 3.85. The SMILES string of the molecule is Cc1cc(C(=O)Nc2ccc(F)cc2/C(N)=N/O)sc1C. The molecule has 7 heteroatoms. The number of rotatable bonds is 3. The van der Waals surface area contributed by atoms with Crippen molar-refractivity contribution in [1.82, 2.24) is 0 Å². The van der Waals surface area contributed by atoms with Crippen LogP contribution in [0.2, 0.25) is 0 Å². The van der Waals surface area contributed by atoms with E-state index in [4.69, 9.17) is 10.9 Å². The smallest absolute Gasteiger partial charge is 0.265 e. The third-order valence-corrected chi connectivity index (χ3v) is 4.15. The van der Waals surface area contributed by atoms with Gasteiger partial charge in [0.15, 0.2) is 5.84 Å². The number of amides is 1. The average Bonchev–Trinajstić information content (AvgIpc) is 2.80. The summed E-state index contributed by atoms with van der Waals surface area (Å²) in [6.07, 6.45) is 0. The molecule has 0 radical (unpaired) electrons. The molecule has 0 bridgehead atoms. The van der Waals surface area contributed by atoms with E-state index in [2.05, 4.69) is 10.5 Å². The molecule has 4 N–H and O–H groups in total. The van der Waals surface area contributed by atoms with Gasteiger partial charge in [-0.15, -0.1) is 11.3 Å². The minimum absolute atomic E-state index is 0.121. The predicted molar refractivity (Wildman–Crippen MR) is 80.7 cm³/mol. The van der Waals surface area contributed by atoms with Gasteiger partial charge < -0.3 is 16.3 Å². The van der Waals surface area contributed by atoms with Crippen molar-refractivity contribution >= 4 is 28.8 Å². The Morgan fingerprint density at radius 1 is 1.38 bits per heavy atom. The molecule has 0 aliphatic carbocycles. The van der Waals surface area contributed by atoms with Crippen molar-refractivity contribution in [2.75, 3.05) is 5.32 Å². The highest BCUT2D eigenvalue weighted by Gasteiger charge is 2.15. The van der Waals surface area contributed by atoms with Gasteiger partial charge in [-0.2, -0.15) is 0 Å². The van der Waals surface area contributed by atoms with Gasteiger partial charge >= 0.3 is 0 Å². The molecular weight excluding hydrogens is 293 g/mol. The maximum Gasteiger partial charge on any atom is 0.265 e. The Morgan fingerprint density at radius 2 is 2.10 bits per heavy atom. The van der Waals surface area contributed by atoms with E-state index in [1.807, 2.05) is 13.8 Å². The van der Waals surface area contributed by atoms with Crippen LogP contribution in [0.15, 0.2) is 29.4 Å². The fourth-order valence-electron chi connectivity index (χ4n) is 1.76. The van der Waals surface area contributed by atoms with Crippen LogP contribution in [-0.2, 0) is 0 Å². The number of amidine groups is 1. The van der Waals surface area contributed by atoms with Crippen LogP contribution in [0.1, 0.15) is 25.7 Å². The van der Waals surface area contributed by atoms with Gasteiger partial charge in [0.25, 0.3) is 5.91 Å². The molecule has 0 unspecified atom stereocenters. The largest absolute Gasteiger partial charge is 0.409 e. The summed E-state index contributed by atoms with van der Waals surface area (Å²) in [5, 5.41) is 14.2. The van der Waals surface area contributed by atoms with Crippen molar-refractivity contribution in [2.45, 2.75) is 13.8 Å². The Bertz CT molecular complexity index is 706. The highest BCUT2D eigenvalue weighted by molar-refractivity contribution is 7.14. The van der Waals surface area contributed by atoms with E-state index in [-0.39, 0.29) is 23.0 Å². The molecule has 2 aromatic rings. The van der Waals surface area contributed by atoms with E-state index in [1.165, 1.54) is 23.5 Å². The summed E-state index contributed by atoms with van der Waals surface area (Å²) >= 11 is 1.37. The summed E-state index contributed by atoms with van der Waals surface area (Å²) in [5.41, 5.74) is 6.92. The van der Waals surface area contributed by atoms with Gasteiger partial charge in [0.05, 0.1) is 10.6 Å². The molecule has 1 aromatic heterocycles. The van der Waals surface area contributed by atoms with Crippen LogP contribution in [0.5, 0.6) is 0 Å². The Kier molecular flexibility index (Phi) is 4.23. The van der Waals surface area contributed by atoms with Crippen LogP contribution in [0, 0.1) is 19.7 Å². The number of nitrogens with one attached hydrogen (secondary N) is 1. The summed E-state index contributed by atoms with van der Waals surface area (Å²) < 4.78 is 13.3. The van der Waals surface area contributed by atoms with Gasteiger partial charge in [-0.25, -0.2) is 4.39 Å². The molecular formula is C14H14FN3O2S. The minimum atomic E-state index is -0.544. The lowest BCUT2D eigenvalue weighted by atomic mass is 10.1. The number of oxime groups is 1. The molecule has 0 saturated heterocycles. The van der Waals surface area contributed by atoms with Crippen LogP contribution < -0.4 is 11.1 Å². The number of hydrogen-bond acceptors (Lipinski definition) is 4. The second kappa shape index (κ2) is 5.92. The maximum absolute atomic E-state index is 13.3. The summed E-state index contributed by atoms with van der Waals surface area (Å²) in [7, 11) is 0. The van der Waals surface area contributed by atoms with Crippen LogP contribution in [0.3, 0.4) is 0 Å². The van der Waals surface area contributed by atoms with E-state index in [0.717, 1.165) is 16.5 Å². The molecule has 1 amide bonds. The quantitative estimate of drug-likeness (QED) is 0.352. The fraction of sp³-hybridized carbons (Fsp3) is 0.143. The maximum atomic E-state index is 13.3. The Hall–Kier alpha value is -2.41. The molecule has 0 fully saturated rings. The molecule has 2 rings (SSSR count). The van der Waals surface area contributed by atoms with Crippen LogP contribution in [0.25, 0.3) is 0 Å². The first kappa shape index (κ1) is 15.0. The number of carbonyl (C=O) groups excluding carboxylic acids is 1. The Labute approximate surface area is 124 Å². The third kappa shape index (κ3) is 3.19. The van der Waals surface area contributed by atoms with Crippen molar-refractivity contribution < 1.29 is 14.4 Å². The van der Waals surface area contributed by atoms with Crippen LogP contribution in [-0.4, -0.2) is 17.0 Å². The lowest BCUT2D eigenvalue weighted by molar-refractivity contribution is 0.103. The molecule has 1 heterocycles. The molecule has 0 spiro atoms. The fourth-order valence-corrected chi connectivity index (χ4v) is 2.69. The molecule has 1 aromatic carbocycles. The number of hydrogen-bond donors (Lipinski definition) is 3. The third-order valence-electron chi connectivity index (χ3n) is 3.00. The van der Waals surface area contributed by atoms with Gasteiger partial charge in [0, 0.05) is 10.4 Å². The van der Waals surface area contributed by atoms with Gasteiger partial charge in [0.1, 0.15) is 5.82 Å². The van der Waals surface area contributed by atoms with Crippen molar-refractivity contribution in [3.8, 4) is 0 Å². The number of anilines is 1. The number of benzene rings is 1. The molecule has 0 atom stereocenters. The van der Waals surface area contributed by atoms with Crippen LogP contribution in [0.4, 0.5) is 10.1 Å². The van der Waals surface area contributed by atoms with E-state index >= 15 is 0 Å². The number of carbonyl (C=O) groups is 1. The van der Waals surface area contributed by atoms with Crippen molar-refractivity contribution in [2.24, 2.45) is 10.9 Å². The second-order valence-corrected chi connectivity index (χ2v) is 5.74. The first-order valence-electron chi connectivity index (χ1n) is 6.08. The molecule has 5 nitrogen and oxygen atoms in total. The van der Waals surface area contributed by atoms with Gasteiger partial charge in [-0.3, -0.25) is 4.79 Å². The Morgan fingerprint density at radius 3 is 2.67 bits per heavy atom. The number of halogens is 1. The summed E-state index contributed by atoms with van der Waals surface area (Å²) in [6, 6.07) is 5.43. The predicted octanol–water partition coefficient (Wildman–Crippen LogP) is 2.85. The second-order valence-electron chi connectivity index (χ2n) is 4.48. The van der Waals surface area contributed by atoms with Crippen molar-refractivity contribution in [3.05, 3.63) is 51.0 Å². The lowest BCUT2D eigenvalue weighted by Crippen LogP contribution is -2.19. The molecule has 0 aliphatic rings. The Balaban J connectivity index is 2.33.